The lowest BCUT2D eigenvalue weighted by atomic mass is 10.00. The van der Waals surface area contributed by atoms with Crippen LogP contribution in [0.3, 0.4) is 0 Å². The first-order chi connectivity index (χ1) is 8.66. The molecule has 0 aromatic rings. The van der Waals surface area contributed by atoms with Crippen LogP contribution in [0.25, 0.3) is 0 Å². The average Bonchev–Trinajstić information content (AvgIpc) is 2.37. The van der Waals surface area contributed by atoms with Crippen molar-refractivity contribution in [2.24, 2.45) is 5.92 Å². The standard InChI is InChI=1S/C12H20NO4P/c1-3-16-18(14,17-4-2)12(10-13)9-11-5-7-15-8-6-11/h9,11H,3-8H2,1-2H3/b12-9-. The van der Waals surface area contributed by atoms with Crippen LogP contribution in [0.1, 0.15) is 26.7 Å². The van der Waals surface area contributed by atoms with Crippen LogP contribution < -0.4 is 0 Å². The van der Waals surface area contributed by atoms with Crippen molar-refractivity contribution >= 4 is 7.60 Å². The third-order valence-corrected chi connectivity index (χ3v) is 4.70. The molecule has 0 aliphatic carbocycles. The summed E-state index contributed by atoms with van der Waals surface area (Å²) >= 11 is 0. The lowest BCUT2D eigenvalue weighted by Gasteiger charge is -2.21. The second-order valence-corrected chi connectivity index (χ2v) is 5.94. The van der Waals surface area contributed by atoms with Crippen LogP contribution in [0.2, 0.25) is 0 Å². The zero-order valence-electron chi connectivity index (χ0n) is 10.9. The Hall–Kier alpha value is -0.660. The van der Waals surface area contributed by atoms with E-state index in [4.69, 9.17) is 19.0 Å². The summed E-state index contributed by atoms with van der Waals surface area (Å²) in [7, 11) is -3.44. The van der Waals surface area contributed by atoms with Gasteiger partial charge >= 0.3 is 7.60 Å². The minimum atomic E-state index is -3.44. The first-order valence-corrected chi connectivity index (χ1v) is 7.80. The van der Waals surface area contributed by atoms with Gasteiger partial charge in [0, 0.05) is 13.2 Å². The third-order valence-electron chi connectivity index (χ3n) is 2.67. The second kappa shape index (κ2) is 7.70. The Bertz CT molecular complexity index is 359. The van der Waals surface area contributed by atoms with E-state index in [0.29, 0.717) is 13.2 Å². The molecule has 1 fully saturated rings. The van der Waals surface area contributed by atoms with Crippen LogP contribution in [0.15, 0.2) is 11.4 Å². The van der Waals surface area contributed by atoms with Crippen molar-refractivity contribution in [3.8, 4) is 6.07 Å². The fraction of sp³-hybridized carbons (Fsp3) is 0.750. The summed E-state index contributed by atoms with van der Waals surface area (Å²) in [5.74, 6) is 0.211. The van der Waals surface area contributed by atoms with Crippen molar-refractivity contribution < 1.29 is 18.3 Å². The predicted octanol–water partition coefficient (Wildman–Crippen LogP) is 3.09. The van der Waals surface area contributed by atoms with Crippen molar-refractivity contribution in [2.45, 2.75) is 26.7 Å². The maximum absolute atomic E-state index is 12.5. The number of rotatable bonds is 6. The quantitative estimate of drug-likeness (QED) is 0.549. The maximum atomic E-state index is 12.5. The summed E-state index contributed by atoms with van der Waals surface area (Å²) in [4.78, 5) is 0. The van der Waals surface area contributed by atoms with Crippen LogP contribution >= 0.6 is 7.60 Å². The molecule has 1 heterocycles. The molecule has 0 radical (unpaired) electrons. The van der Waals surface area contributed by atoms with Crippen molar-refractivity contribution in [2.75, 3.05) is 26.4 Å². The van der Waals surface area contributed by atoms with Gasteiger partial charge < -0.3 is 13.8 Å². The molecule has 0 unspecified atom stereocenters. The zero-order chi connectivity index (χ0) is 13.4. The molecular weight excluding hydrogens is 253 g/mol. The number of allylic oxidation sites excluding steroid dienone is 2. The van der Waals surface area contributed by atoms with Gasteiger partial charge in [0.15, 0.2) is 0 Å². The zero-order valence-corrected chi connectivity index (χ0v) is 11.8. The molecule has 5 nitrogen and oxygen atoms in total. The average molecular weight is 273 g/mol. The Kier molecular flexibility index (Phi) is 6.59. The first kappa shape index (κ1) is 15.4. The summed E-state index contributed by atoms with van der Waals surface area (Å²) < 4.78 is 28.1. The SMILES string of the molecule is CCOP(=O)(OCC)/C(C#N)=C\C1CCOCC1. The molecule has 1 aliphatic heterocycles. The lowest BCUT2D eigenvalue weighted by molar-refractivity contribution is 0.0784. The Morgan fingerprint density at radius 3 is 2.39 bits per heavy atom. The van der Waals surface area contributed by atoms with Gasteiger partial charge in [-0.1, -0.05) is 6.08 Å². The number of nitriles is 1. The Labute approximate surface area is 108 Å². The molecule has 6 heteroatoms. The van der Waals surface area contributed by atoms with Gasteiger partial charge in [-0.15, -0.1) is 0 Å². The van der Waals surface area contributed by atoms with E-state index in [2.05, 4.69) is 0 Å². The first-order valence-electron chi connectivity index (χ1n) is 6.25. The van der Waals surface area contributed by atoms with Crippen molar-refractivity contribution in [1.82, 2.24) is 0 Å². The number of nitrogens with zero attached hydrogens (tertiary/aromatic N) is 1. The minimum absolute atomic E-state index is 0.123. The monoisotopic (exact) mass is 273 g/mol. The molecule has 18 heavy (non-hydrogen) atoms. The smallest absolute Gasteiger partial charge is 0.371 e. The highest BCUT2D eigenvalue weighted by molar-refractivity contribution is 7.58. The lowest BCUT2D eigenvalue weighted by Crippen LogP contribution is -2.14. The summed E-state index contributed by atoms with van der Waals surface area (Å²) in [5.41, 5.74) is 0. The number of hydrogen-bond acceptors (Lipinski definition) is 5. The van der Waals surface area contributed by atoms with Crippen molar-refractivity contribution in [1.29, 1.82) is 5.26 Å². The summed E-state index contributed by atoms with van der Waals surface area (Å²) in [6.07, 6.45) is 3.40. The van der Waals surface area contributed by atoms with E-state index in [9.17, 15) is 4.57 Å². The molecule has 0 bridgehead atoms. The highest BCUT2D eigenvalue weighted by Gasteiger charge is 2.30. The summed E-state index contributed by atoms with van der Waals surface area (Å²) in [5, 5.41) is 9.29. The van der Waals surface area contributed by atoms with Crippen LogP contribution in [0.5, 0.6) is 0 Å². The molecule has 1 saturated heterocycles. The fourth-order valence-corrected chi connectivity index (χ4v) is 3.36. The molecule has 1 aliphatic rings. The van der Waals surface area contributed by atoms with E-state index >= 15 is 0 Å². The van der Waals surface area contributed by atoms with Crippen molar-refractivity contribution in [3.05, 3.63) is 11.4 Å². The van der Waals surface area contributed by atoms with E-state index in [-0.39, 0.29) is 24.4 Å². The van der Waals surface area contributed by atoms with Gasteiger partial charge in [-0.3, -0.25) is 4.57 Å². The number of hydrogen-bond donors (Lipinski definition) is 0. The fourth-order valence-electron chi connectivity index (χ4n) is 1.81. The van der Waals surface area contributed by atoms with Gasteiger partial charge in [0.2, 0.25) is 0 Å². The highest BCUT2D eigenvalue weighted by atomic mass is 31.2. The molecule has 102 valence electrons. The minimum Gasteiger partial charge on any atom is -0.381 e. The van der Waals surface area contributed by atoms with E-state index in [1.165, 1.54) is 0 Å². The topological polar surface area (TPSA) is 68.5 Å². The van der Waals surface area contributed by atoms with Crippen LogP contribution in [0, 0.1) is 17.2 Å². The van der Waals surface area contributed by atoms with E-state index in [0.717, 1.165) is 12.8 Å². The molecule has 0 aromatic heterocycles. The molecule has 1 rings (SSSR count). The van der Waals surface area contributed by atoms with E-state index < -0.39 is 7.60 Å². The van der Waals surface area contributed by atoms with Crippen LogP contribution in [0.4, 0.5) is 0 Å². The highest BCUT2D eigenvalue weighted by Crippen LogP contribution is 2.56. The molecule has 0 N–H and O–H groups in total. The molecule has 0 aromatic carbocycles. The largest absolute Gasteiger partial charge is 0.381 e. The van der Waals surface area contributed by atoms with Gasteiger partial charge in [-0.2, -0.15) is 5.26 Å². The van der Waals surface area contributed by atoms with Gasteiger partial charge in [-0.25, -0.2) is 0 Å². The Morgan fingerprint density at radius 2 is 1.94 bits per heavy atom. The Balaban J connectivity index is 2.87. The van der Waals surface area contributed by atoms with Gasteiger partial charge in [0.25, 0.3) is 0 Å². The van der Waals surface area contributed by atoms with E-state index in [1.807, 2.05) is 6.07 Å². The van der Waals surface area contributed by atoms with Crippen molar-refractivity contribution in [3.63, 3.8) is 0 Å². The third kappa shape index (κ3) is 4.22. The Morgan fingerprint density at radius 1 is 1.39 bits per heavy atom. The number of ether oxygens (including phenoxy) is 1. The summed E-state index contributed by atoms with van der Waals surface area (Å²) in [6.45, 7) is 5.32. The molecular formula is C12H20NO4P. The predicted molar refractivity (Wildman–Crippen MR) is 68.1 cm³/mol. The van der Waals surface area contributed by atoms with Crippen LogP contribution in [-0.2, 0) is 18.3 Å². The maximum Gasteiger partial charge on any atom is 0.371 e. The molecule has 0 atom stereocenters. The molecule has 0 spiro atoms. The van der Waals surface area contributed by atoms with Gasteiger partial charge in [0.1, 0.15) is 11.4 Å². The van der Waals surface area contributed by atoms with E-state index in [1.54, 1.807) is 19.9 Å². The summed E-state index contributed by atoms with van der Waals surface area (Å²) in [6, 6.07) is 1.97. The molecule has 0 saturated carbocycles. The second-order valence-electron chi connectivity index (χ2n) is 3.95. The van der Waals surface area contributed by atoms with Gasteiger partial charge in [-0.05, 0) is 32.6 Å². The van der Waals surface area contributed by atoms with Crippen LogP contribution in [-0.4, -0.2) is 26.4 Å². The normalized spacial score (nSPS) is 18.6. The van der Waals surface area contributed by atoms with Gasteiger partial charge in [0.05, 0.1) is 13.2 Å². The molecule has 0 amide bonds.